The zero-order chi connectivity index (χ0) is 22.7. The van der Waals surface area contributed by atoms with Gasteiger partial charge < -0.3 is 14.8 Å². The molecule has 1 N–H and O–H groups in total. The maximum absolute atomic E-state index is 12.8. The van der Waals surface area contributed by atoms with Crippen LogP contribution in [0.4, 0.5) is 5.69 Å². The lowest BCUT2D eigenvalue weighted by atomic mass is 10.1. The van der Waals surface area contributed by atoms with Crippen molar-refractivity contribution in [3.8, 4) is 5.75 Å². The Labute approximate surface area is 189 Å². The number of fused-ring (bicyclic) bond motifs is 1. The minimum absolute atomic E-state index is 0.0563. The molecule has 1 saturated heterocycles. The summed E-state index contributed by atoms with van der Waals surface area (Å²) in [5.74, 6) is 0.0532. The number of hydrogen-bond donors (Lipinski definition) is 1. The van der Waals surface area contributed by atoms with Gasteiger partial charge >= 0.3 is 0 Å². The predicted molar refractivity (Wildman–Crippen MR) is 122 cm³/mol. The van der Waals surface area contributed by atoms with Crippen molar-refractivity contribution in [1.29, 1.82) is 0 Å². The van der Waals surface area contributed by atoms with Gasteiger partial charge in [-0.3, -0.25) is 14.0 Å². The Morgan fingerprint density at radius 3 is 2.47 bits per heavy atom. The Morgan fingerprint density at radius 1 is 1.09 bits per heavy atom. The summed E-state index contributed by atoms with van der Waals surface area (Å²) in [6.07, 6.45) is 0.217. The van der Waals surface area contributed by atoms with Gasteiger partial charge in [0.25, 0.3) is 5.91 Å². The van der Waals surface area contributed by atoms with E-state index < -0.39 is 16.1 Å². The van der Waals surface area contributed by atoms with Gasteiger partial charge in [-0.25, -0.2) is 8.42 Å². The zero-order valence-corrected chi connectivity index (χ0v) is 19.2. The predicted octanol–water partition coefficient (Wildman–Crippen LogP) is 1.67. The fraction of sp³-hybridized carbons (Fsp3) is 0.435. The summed E-state index contributed by atoms with van der Waals surface area (Å²) in [5.41, 5.74) is 3.57. The van der Waals surface area contributed by atoms with Gasteiger partial charge in [-0.05, 0) is 35.7 Å². The maximum atomic E-state index is 12.8. The van der Waals surface area contributed by atoms with Crippen LogP contribution in [0, 0.1) is 6.92 Å². The number of amides is 1. The van der Waals surface area contributed by atoms with E-state index in [9.17, 15) is 13.2 Å². The van der Waals surface area contributed by atoms with E-state index in [0.29, 0.717) is 18.0 Å². The number of benzene rings is 2. The van der Waals surface area contributed by atoms with Gasteiger partial charge in [-0.2, -0.15) is 0 Å². The van der Waals surface area contributed by atoms with Crippen LogP contribution < -0.4 is 14.4 Å². The number of nitrogens with zero attached hydrogens (tertiary/aromatic N) is 2. The zero-order valence-electron chi connectivity index (χ0n) is 18.4. The average molecular weight is 460 g/mol. The van der Waals surface area contributed by atoms with Gasteiger partial charge in [0.05, 0.1) is 31.7 Å². The molecule has 1 fully saturated rings. The van der Waals surface area contributed by atoms with Crippen molar-refractivity contribution in [2.24, 2.45) is 0 Å². The van der Waals surface area contributed by atoms with E-state index in [4.69, 9.17) is 9.47 Å². The summed E-state index contributed by atoms with van der Waals surface area (Å²) >= 11 is 0. The Balaban J connectivity index is 1.37. The molecule has 2 aliphatic heterocycles. The normalized spacial score (nSPS) is 19.2. The third kappa shape index (κ3) is 5.40. The molecule has 0 saturated carbocycles. The standard InChI is InChI=1S/C23H29N3O5S/c1-17-3-8-20-21(13-17)31-22(16-26(20)32(2,28)29)23(27)24-14-18-4-6-19(7-5-18)15-25-9-11-30-12-10-25/h3-8,13,22H,9-12,14-16H2,1-2H3,(H,24,27)/t22-/m0/s1. The number of carbonyl (C=O) groups is 1. The molecule has 4 rings (SSSR count). The topological polar surface area (TPSA) is 88.2 Å². The summed E-state index contributed by atoms with van der Waals surface area (Å²) < 4.78 is 37.0. The first-order valence-corrected chi connectivity index (χ1v) is 12.5. The largest absolute Gasteiger partial charge is 0.476 e. The molecule has 9 heteroatoms. The molecule has 8 nitrogen and oxygen atoms in total. The first kappa shape index (κ1) is 22.6. The second-order valence-electron chi connectivity index (χ2n) is 8.29. The highest BCUT2D eigenvalue weighted by atomic mass is 32.2. The minimum atomic E-state index is -3.54. The lowest BCUT2D eigenvalue weighted by Gasteiger charge is -2.34. The first-order valence-electron chi connectivity index (χ1n) is 10.7. The molecule has 2 aliphatic rings. The maximum Gasteiger partial charge on any atom is 0.263 e. The summed E-state index contributed by atoms with van der Waals surface area (Å²) in [7, 11) is -3.54. The van der Waals surface area contributed by atoms with Gasteiger partial charge in [0, 0.05) is 26.2 Å². The summed E-state index contributed by atoms with van der Waals surface area (Å²) in [6, 6.07) is 13.4. The molecule has 0 spiro atoms. The number of morpholine rings is 1. The van der Waals surface area contributed by atoms with E-state index in [1.54, 1.807) is 12.1 Å². The molecule has 0 unspecified atom stereocenters. The van der Waals surface area contributed by atoms with Crippen LogP contribution in [0.2, 0.25) is 0 Å². The van der Waals surface area contributed by atoms with Crippen LogP contribution in [0.25, 0.3) is 0 Å². The Kier molecular flexibility index (Phi) is 6.68. The third-order valence-electron chi connectivity index (χ3n) is 5.68. The highest BCUT2D eigenvalue weighted by Crippen LogP contribution is 2.35. The second kappa shape index (κ2) is 9.48. The molecule has 1 atom stereocenters. The molecule has 0 radical (unpaired) electrons. The molecule has 0 aromatic heterocycles. The smallest absolute Gasteiger partial charge is 0.263 e. The van der Waals surface area contributed by atoms with Crippen molar-refractivity contribution < 1.29 is 22.7 Å². The van der Waals surface area contributed by atoms with E-state index >= 15 is 0 Å². The molecule has 1 amide bonds. The van der Waals surface area contributed by atoms with Crippen LogP contribution in [-0.2, 0) is 32.6 Å². The van der Waals surface area contributed by atoms with Crippen molar-refractivity contribution in [3.05, 3.63) is 59.2 Å². The number of hydrogen-bond acceptors (Lipinski definition) is 6. The van der Waals surface area contributed by atoms with Crippen molar-refractivity contribution in [1.82, 2.24) is 10.2 Å². The second-order valence-corrected chi connectivity index (χ2v) is 10.2. The molecule has 2 heterocycles. The molecule has 2 aromatic rings. The number of aryl methyl sites for hydroxylation is 1. The molecule has 2 aromatic carbocycles. The van der Waals surface area contributed by atoms with Crippen LogP contribution in [0.3, 0.4) is 0 Å². The first-order chi connectivity index (χ1) is 15.3. The van der Waals surface area contributed by atoms with Gasteiger partial charge in [-0.15, -0.1) is 0 Å². The fourth-order valence-electron chi connectivity index (χ4n) is 3.89. The summed E-state index contributed by atoms with van der Waals surface area (Å²) in [5, 5.41) is 2.87. The number of carbonyl (C=O) groups excluding carboxylic acids is 1. The molecule has 0 bridgehead atoms. The van der Waals surface area contributed by atoms with Crippen LogP contribution in [0.5, 0.6) is 5.75 Å². The Bertz CT molecular complexity index is 1070. The Morgan fingerprint density at radius 2 is 1.78 bits per heavy atom. The number of sulfonamides is 1. The van der Waals surface area contributed by atoms with Crippen LogP contribution in [0.15, 0.2) is 42.5 Å². The van der Waals surface area contributed by atoms with E-state index in [1.165, 1.54) is 9.87 Å². The van der Waals surface area contributed by atoms with Gasteiger partial charge in [0.1, 0.15) is 5.75 Å². The van der Waals surface area contributed by atoms with Crippen molar-refractivity contribution in [2.45, 2.75) is 26.1 Å². The molecule has 172 valence electrons. The number of anilines is 1. The monoisotopic (exact) mass is 459 g/mol. The number of ether oxygens (including phenoxy) is 2. The average Bonchev–Trinajstić information content (AvgIpc) is 2.77. The summed E-state index contributed by atoms with van der Waals surface area (Å²) in [6.45, 7) is 6.48. The van der Waals surface area contributed by atoms with Crippen LogP contribution >= 0.6 is 0 Å². The molecule has 0 aliphatic carbocycles. The number of rotatable bonds is 6. The van der Waals surface area contributed by atoms with Crippen molar-refractivity contribution in [2.75, 3.05) is 43.4 Å². The van der Waals surface area contributed by atoms with E-state index in [-0.39, 0.29) is 12.5 Å². The summed E-state index contributed by atoms with van der Waals surface area (Å²) in [4.78, 5) is 15.1. The Hall–Kier alpha value is -2.62. The lowest BCUT2D eigenvalue weighted by molar-refractivity contribution is -0.127. The van der Waals surface area contributed by atoms with Gasteiger partial charge in [0.2, 0.25) is 10.0 Å². The SMILES string of the molecule is Cc1ccc2c(c1)O[C@H](C(=O)NCc1ccc(CN3CCOCC3)cc1)CN2S(C)(=O)=O. The highest BCUT2D eigenvalue weighted by Gasteiger charge is 2.34. The third-order valence-corrected chi connectivity index (χ3v) is 6.82. The quantitative estimate of drug-likeness (QED) is 0.707. The highest BCUT2D eigenvalue weighted by molar-refractivity contribution is 7.92. The van der Waals surface area contributed by atoms with Gasteiger partial charge in [-0.1, -0.05) is 30.3 Å². The van der Waals surface area contributed by atoms with Crippen molar-refractivity contribution >= 4 is 21.6 Å². The fourth-order valence-corrected chi connectivity index (χ4v) is 4.81. The van der Waals surface area contributed by atoms with Gasteiger partial charge in [0.15, 0.2) is 6.10 Å². The van der Waals surface area contributed by atoms with E-state index in [0.717, 1.165) is 50.2 Å². The number of nitrogens with one attached hydrogen (secondary N) is 1. The van der Waals surface area contributed by atoms with E-state index in [1.807, 2.05) is 25.1 Å². The van der Waals surface area contributed by atoms with Crippen LogP contribution in [-0.4, -0.2) is 64.4 Å². The van der Waals surface area contributed by atoms with E-state index in [2.05, 4.69) is 22.3 Å². The van der Waals surface area contributed by atoms with Crippen LogP contribution in [0.1, 0.15) is 16.7 Å². The lowest BCUT2D eigenvalue weighted by Crippen LogP contribution is -2.50. The van der Waals surface area contributed by atoms with Crippen molar-refractivity contribution in [3.63, 3.8) is 0 Å². The molecular weight excluding hydrogens is 430 g/mol. The molecular formula is C23H29N3O5S. The minimum Gasteiger partial charge on any atom is -0.476 e. The molecule has 32 heavy (non-hydrogen) atoms.